The van der Waals surface area contributed by atoms with Crippen LogP contribution in [0.3, 0.4) is 0 Å². The number of aliphatic hydroxyl groups is 1. The van der Waals surface area contributed by atoms with Crippen LogP contribution in [-0.4, -0.2) is 30.2 Å². The standard InChI is InChI=1S/C9H16O3/c1-5(2)6-3-8-11-4-7(12-8)9(6)10/h5-10H,3-4H2,1-2H3/t6-,7-,8-,9-/m0/s1. The molecule has 0 aromatic carbocycles. The molecule has 0 aliphatic carbocycles. The fourth-order valence-electron chi connectivity index (χ4n) is 2.08. The van der Waals surface area contributed by atoms with Crippen LogP contribution >= 0.6 is 0 Å². The Labute approximate surface area is 72.7 Å². The van der Waals surface area contributed by atoms with E-state index in [1.54, 1.807) is 0 Å². The molecular formula is C9H16O3. The molecule has 1 N–H and O–H groups in total. The predicted octanol–water partition coefficient (Wildman–Crippen LogP) is 0.765. The van der Waals surface area contributed by atoms with Crippen molar-refractivity contribution in [2.24, 2.45) is 11.8 Å². The lowest BCUT2D eigenvalue weighted by Crippen LogP contribution is -2.42. The summed E-state index contributed by atoms with van der Waals surface area (Å²) in [6, 6.07) is 0. The number of hydrogen-bond acceptors (Lipinski definition) is 3. The van der Waals surface area contributed by atoms with E-state index in [1.807, 2.05) is 0 Å². The summed E-state index contributed by atoms with van der Waals surface area (Å²) in [5.41, 5.74) is 0. The van der Waals surface area contributed by atoms with E-state index in [-0.39, 0.29) is 18.5 Å². The normalized spacial score (nSPS) is 47.0. The van der Waals surface area contributed by atoms with Gasteiger partial charge in [-0.05, 0) is 11.8 Å². The smallest absolute Gasteiger partial charge is 0.158 e. The minimum atomic E-state index is -0.330. The minimum absolute atomic E-state index is 0.0502. The number of fused-ring (bicyclic) bond motifs is 2. The molecule has 12 heavy (non-hydrogen) atoms. The van der Waals surface area contributed by atoms with Gasteiger partial charge in [0.15, 0.2) is 6.29 Å². The quantitative estimate of drug-likeness (QED) is 0.634. The van der Waals surface area contributed by atoms with E-state index < -0.39 is 0 Å². The summed E-state index contributed by atoms with van der Waals surface area (Å²) in [5.74, 6) is 0.854. The number of aliphatic hydroxyl groups excluding tert-OH is 1. The van der Waals surface area contributed by atoms with E-state index in [9.17, 15) is 5.11 Å². The second-order valence-electron chi connectivity index (χ2n) is 4.07. The Morgan fingerprint density at radius 3 is 2.83 bits per heavy atom. The zero-order valence-corrected chi connectivity index (χ0v) is 7.56. The molecule has 0 aromatic rings. The third kappa shape index (κ3) is 1.26. The Hall–Kier alpha value is -0.120. The zero-order chi connectivity index (χ0) is 8.72. The number of rotatable bonds is 1. The molecule has 2 fully saturated rings. The van der Waals surface area contributed by atoms with Gasteiger partial charge in [-0.15, -0.1) is 0 Å². The van der Waals surface area contributed by atoms with Crippen molar-refractivity contribution in [3.63, 3.8) is 0 Å². The maximum absolute atomic E-state index is 9.82. The molecule has 0 amide bonds. The lowest BCUT2D eigenvalue weighted by Gasteiger charge is -2.34. The van der Waals surface area contributed by atoms with Gasteiger partial charge in [0.1, 0.15) is 6.10 Å². The largest absolute Gasteiger partial charge is 0.390 e. The van der Waals surface area contributed by atoms with E-state index in [4.69, 9.17) is 9.47 Å². The highest BCUT2D eigenvalue weighted by atomic mass is 16.7. The molecule has 0 aromatic heterocycles. The number of ether oxygens (including phenoxy) is 2. The van der Waals surface area contributed by atoms with Gasteiger partial charge in [-0.2, -0.15) is 0 Å². The van der Waals surface area contributed by atoms with Gasteiger partial charge < -0.3 is 14.6 Å². The van der Waals surface area contributed by atoms with E-state index in [2.05, 4.69) is 13.8 Å². The molecule has 2 saturated heterocycles. The summed E-state index contributed by atoms with van der Waals surface area (Å²) in [6.45, 7) is 4.84. The highest BCUT2D eigenvalue weighted by molar-refractivity contribution is 4.87. The highest BCUT2D eigenvalue weighted by Gasteiger charge is 2.43. The van der Waals surface area contributed by atoms with E-state index in [0.717, 1.165) is 6.42 Å². The topological polar surface area (TPSA) is 38.7 Å². The molecule has 0 spiro atoms. The van der Waals surface area contributed by atoms with E-state index in [1.165, 1.54) is 0 Å². The first kappa shape index (κ1) is 8.48. The Morgan fingerprint density at radius 2 is 2.17 bits per heavy atom. The van der Waals surface area contributed by atoms with Crippen molar-refractivity contribution in [3.8, 4) is 0 Å². The highest BCUT2D eigenvalue weighted by Crippen LogP contribution is 2.35. The summed E-state index contributed by atoms with van der Waals surface area (Å²) >= 11 is 0. The van der Waals surface area contributed by atoms with Crippen LogP contribution in [0.2, 0.25) is 0 Å². The molecule has 2 heterocycles. The van der Waals surface area contributed by atoms with Crippen LogP contribution < -0.4 is 0 Å². The van der Waals surface area contributed by atoms with Crippen LogP contribution in [0.1, 0.15) is 20.3 Å². The maximum atomic E-state index is 9.82. The van der Waals surface area contributed by atoms with Crippen LogP contribution in [0.5, 0.6) is 0 Å². The molecule has 2 aliphatic heterocycles. The van der Waals surface area contributed by atoms with Crippen molar-refractivity contribution in [1.29, 1.82) is 0 Å². The van der Waals surface area contributed by atoms with Gasteiger partial charge >= 0.3 is 0 Å². The molecule has 3 heteroatoms. The molecule has 3 nitrogen and oxygen atoms in total. The monoisotopic (exact) mass is 172 g/mol. The zero-order valence-electron chi connectivity index (χ0n) is 7.56. The van der Waals surface area contributed by atoms with Gasteiger partial charge in [0.05, 0.1) is 12.7 Å². The maximum Gasteiger partial charge on any atom is 0.158 e. The van der Waals surface area contributed by atoms with Gasteiger partial charge in [0, 0.05) is 6.42 Å². The third-order valence-electron chi connectivity index (χ3n) is 2.91. The van der Waals surface area contributed by atoms with Crippen LogP contribution in [0.15, 0.2) is 0 Å². The van der Waals surface area contributed by atoms with Crippen molar-refractivity contribution >= 4 is 0 Å². The molecule has 0 unspecified atom stereocenters. The second kappa shape index (κ2) is 2.98. The van der Waals surface area contributed by atoms with Gasteiger partial charge in [0.25, 0.3) is 0 Å². The van der Waals surface area contributed by atoms with Crippen molar-refractivity contribution in [3.05, 3.63) is 0 Å². The van der Waals surface area contributed by atoms with Gasteiger partial charge in [-0.1, -0.05) is 13.8 Å². The predicted molar refractivity (Wildman–Crippen MR) is 43.6 cm³/mol. The molecule has 2 aliphatic rings. The van der Waals surface area contributed by atoms with Gasteiger partial charge in [0.2, 0.25) is 0 Å². The molecule has 2 bridgehead atoms. The fourth-order valence-corrected chi connectivity index (χ4v) is 2.08. The van der Waals surface area contributed by atoms with Crippen molar-refractivity contribution < 1.29 is 14.6 Å². The average Bonchev–Trinajstić information content (AvgIpc) is 2.41. The summed E-state index contributed by atoms with van der Waals surface area (Å²) < 4.78 is 10.8. The average molecular weight is 172 g/mol. The molecule has 2 rings (SSSR count). The second-order valence-corrected chi connectivity index (χ2v) is 4.07. The lowest BCUT2D eigenvalue weighted by atomic mass is 9.84. The van der Waals surface area contributed by atoms with E-state index in [0.29, 0.717) is 18.4 Å². The third-order valence-corrected chi connectivity index (χ3v) is 2.91. The van der Waals surface area contributed by atoms with Crippen LogP contribution in [-0.2, 0) is 9.47 Å². The minimum Gasteiger partial charge on any atom is -0.390 e. The summed E-state index contributed by atoms with van der Waals surface area (Å²) in [4.78, 5) is 0. The summed E-state index contributed by atoms with van der Waals surface area (Å²) in [5, 5.41) is 9.82. The van der Waals surface area contributed by atoms with Crippen molar-refractivity contribution in [1.82, 2.24) is 0 Å². The SMILES string of the molecule is CC(C)[C@@H]1C[C@H]2OC[C@H](O2)[C@H]1O. The Bertz CT molecular complexity index is 169. The van der Waals surface area contributed by atoms with Crippen LogP contribution in [0, 0.1) is 11.8 Å². The summed E-state index contributed by atoms with van der Waals surface area (Å²) in [6.07, 6.45) is 0.390. The molecule has 70 valence electrons. The first-order valence-corrected chi connectivity index (χ1v) is 4.63. The van der Waals surface area contributed by atoms with Crippen LogP contribution in [0.25, 0.3) is 0 Å². The molecule has 4 atom stereocenters. The molecule has 0 saturated carbocycles. The van der Waals surface area contributed by atoms with Crippen molar-refractivity contribution in [2.45, 2.75) is 38.8 Å². The first-order chi connectivity index (χ1) is 5.68. The van der Waals surface area contributed by atoms with Gasteiger partial charge in [-0.25, -0.2) is 0 Å². The van der Waals surface area contributed by atoms with Gasteiger partial charge in [-0.3, -0.25) is 0 Å². The Morgan fingerprint density at radius 1 is 1.42 bits per heavy atom. The molecular weight excluding hydrogens is 156 g/mol. The van der Waals surface area contributed by atoms with Crippen LogP contribution in [0.4, 0.5) is 0 Å². The van der Waals surface area contributed by atoms with E-state index >= 15 is 0 Å². The Balaban J connectivity index is 2.07. The lowest BCUT2D eigenvalue weighted by molar-refractivity contribution is -0.151. The summed E-state index contributed by atoms with van der Waals surface area (Å²) in [7, 11) is 0. The number of hydrogen-bond donors (Lipinski definition) is 1. The fraction of sp³-hybridized carbons (Fsp3) is 1.00. The van der Waals surface area contributed by atoms with Crippen molar-refractivity contribution in [2.75, 3.05) is 6.61 Å². The molecule has 0 radical (unpaired) electrons. The Kier molecular flexibility index (Phi) is 2.10. The first-order valence-electron chi connectivity index (χ1n) is 4.63.